The van der Waals surface area contributed by atoms with Gasteiger partial charge in [-0.1, -0.05) is 54.0 Å². The third-order valence-corrected chi connectivity index (χ3v) is 11.7. The van der Waals surface area contributed by atoms with E-state index < -0.39 is 20.7 Å². The number of nitrogens with one attached hydrogen (secondary N) is 2. The van der Waals surface area contributed by atoms with Crippen molar-refractivity contribution in [2.75, 3.05) is 12.0 Å². The number of hydrogen-bond donors (Lipinski definition) is 2. The van der Waals surface area contributed by atoms with E-state index in [-0.39, 0.29) is 46.9 Å². The van der Waals surface area contributed by atoms with Crippen molar-refractivity contribution in [2.45, 2.75) is 70.4 Å². The molecule has 1 saturated carbocycles. The second-order valence-electron chi connectivity index (χ2n) is 11.8. The second-order valence-corrected chi connectivity index (χ2v) is 15.0. The SMILES string of the molecule is CNC(=O)[C@H]1CC[C@H](n2c(N[Si@@H](C)c3ccc(C(F)(F)F)cc3)nc3c(c2=O)C[C@@H](C)N(C(=O)c2ccc(Cl)c(Cl)c2)C3)CC1. The predicted molar refractivity (Wildman–Crippen MR) is 171 cm³/mol. The summed E-state index contributed by atoms with van der Waals surface area (Å²) in [6.07, 6.45) is -1.72. The summed E-state index contributed by atoms with van der Waals surface area (Å²) < 4.78 is 41.2. The number of fused-ring (bicyclic) bond motifs is 1. The maximum atomic E-state index is 14.2. The molecule has 14 heteroatoms. The zero-order valence-corrected chi connectivity index (χ0v) is 27.7. The van der Waals surface area contributed by atoms with Crippen LogP contribution in [-0.4, -0.2) is 48.3 Å². The molecule has 1 aliphatic heterocycles. The van der Waals surface area contributed by atoms with Gasteiger partial charge >= 0.3 is 6.18 Å². The van der Waals surface area contributed by atoms with Crippen LogP contribution in [0.3, 0.4) is 0 Å². The van der Waals surface area contributed by atoms with Crippen LogP contribution < -0.4 is 21.0 Å². The van der Waals surface area contributed by atoms with Gasteiger partial charge in [0.1, 0.15) is 0 Å². The lowest BCUT2D eigenvalue weighted by Crippen LogP contribution is -2.47. The van der Waals surface area contributed by atoms with Crippen LogP contribution in [0.1, 0.15) is 65.8 Å². The fraction of sp³-hybridized carbons (Fsp3) is 0.419. The molecule has 2 aliphatic rings. The van der Waals surface area contributed by atoms with E-state index in [2.05, 4.69) is 10.3 Å². The maximum Gasteiger partial charge on any atom is 0.416 e. The Morgan fingerprint density at radius 3 is 2.29 bits per heavy atom. The molecule has 1 aromatic heterocycles. The molecule has 1 aliphatic carbocycles. The Morgan fingerprint density at radius 1 is 1.02 bits per heavy atom. The van der Waals surface area contributed by atoms with E-state index in [0.717, 1.165) is 17.3 Å². The summed E-state index contributed by atoms with van der Waals surface area (Å²) in [5.74, 6) is -0.0955. The average molecular weight is 681 g/mol. The minimum Gasteiger partial charge on any atom is -0.380 e. The van der Waals surface area contributed by atoms with Gasteiger partial charge in [0.15, 0.2) is 14.9 Å². The molecular formula is C31H34Cl2F3N5O3Si. The molecule has 2 atom stereocenters. The van der Waals surface area contributed by atoms with Crippen LogP contribution in [0.2, 0.25) is 16.6 Å². The number of halogens is 5. The van der Waals surface area contributed by atoms with Gasteiger partial charge in [-0.2, -0.15) is 13.2 Å². The number of hydrogen-bond acceptors (Lipinski definition) is 5. The maximum absolute atomic E-state index is 14.2. The molecule has 240 valence electrons. The summed E-state index contributed by atoms with van der Waals surface area (Å²) in [6, 6.07) is 9.20. The van der Waals surface area contributed by atoms with Crippen LogP contribution in [0.25, 0.3) is 0 Å². The number of rotatable bonds is 6. The van der Waals surface area contributed by atoms with E-state index in [1.807, 2.05) is 13.5 Å². The fourth-order valence-electron chi connectivity index (χ4n) is 6.22. The minimum absolute atomic E-state index is 0.0217. The molecule has 45 heavy (non-hydrogen) atoms. The summed E-state index contributed by atoms with van der Waals surface area (Å²) in [7, 11) is -0.546. The van der Waals surface area contributed by atoms with Crippen LogP contribution in [0, 0.1) is 5.92 Å². The smallest absolute Gasteiger partial charge is 0.380 e. The van der Waals surface area contributed by atoms with Gasteiger partial charge in [0.2, 0.25) is 5.91 Å². The first-order chi connectivity index (χ1) is 21.3. The monoisotopic (exact) mass is 679 g/mol. The predicted octanol–water partition coefficient (Wildman–Crippen LogP) is 5.31. The lowest BCUT2D eigenvalue weighted by atomic mass is 9.85. The highest BCUT2D eigenvalue weighted by atomic mass is 35.5. The van der Waals surface area contributed by atoms with E-state index >= 15 is 0 Å². The van der Waals surface area contributed by atoms with Crippen molar-refractivity contribution < 1.29 is 22.8 Å². The molecule has 3 aromatic rings. The molecule has 5 rings (SSSR count). The molecule has 8 nitrogen and oxygen atoms in total. The number of carbonyl (C=O) groups excluding carboxylic acids is 2. The summed E-state index contributed by atoms with van der Waals surface area (Å²) in [6.45, 7) is 3.89. The topological polar surface area (TPSA) is 96.3 Å². The Hall–Kier alpha value is -3.35. The molecule has 0 bridgehead atoms. The number of nitrogens with zero attached hydrogens (tertiary/aromatic N) is 3. The number of amides is 2. The second kappa shape index (κ2) is 13.2. The zero-order chi connectivity index (χ0) is 32.6. The van der Waals surface area contributed by atoms with Crippen molar-refractivity contribution in [3.8, 4) is 0 Å². The van der Waals surface area contributed by atoms with Crippen molar-refractivity contribution >= 4 is 55.1 Å². The molecule has 0 saturated heterocycles. The van der Waals surface area contributed by atoms with Gasteiger partial charge in [0, 0.05) is 36.2 Å². The van der Waals surface area contributed by atoms with Crippen LogP contribution in [0.5, 0.6) is 0 Å². The largest absolute Gasteiger partial charge is 0.416 e. The Bertz CT molecular complexity index is 1660. The first kappa shape index (κ1) is 33.0. The molecular weight excluding hydrogens is 646 g/mol. The van der Waals surface area contributed by atoms with Crippen LogP contribution in [0.15, 0.2) is 47.3 Å². The van der Waals surface area contributed by atoms with Gasteiger partial charge in [-0.15, -0.1) is 0 Å². The lowest BCUT2D eigenvalue weighted by molar-refractivity contribution is -0.137. The quantitative estimate of drug-likeness (QED) is 0.345. The van der Waals surface area contributed by atoms with Gasteiger partial charge in [-0.3, -0.25) is 19.0 Å². The minimum atomic E-state index is -4.44. The number of benzene rings is 2. The Kier molecular flexibility index (Phi) is 9.67. The summed E-state index contributed by atoms with van der Waals surface area (Å²) >= 11 is 12.2. The Balaban J connectivity index is 1.50. The lowest BCUT2D eigenvalue weighted by Gasteiger charge is -2.36. The highest BCUT2D eigenvalue weighted by Gasteiger charge is 2.35. The van der Waals surface area contributed by atoms with E-state index in [4.69, 9.17) is 28.2 Å². The summed E-state index contributed by atoms with van der Waals surface area (Å²) in [4.78, 5) is 50.0. The third kappa shape index (κ3) is 6.92. The van der Waals surface area contributed by atoms with Crippen molar-refractivity contribution in [1.82, 2.24) is 19.8 Å². The number of aromatic nitrogens is 2. The van der Waals surface area contributed by atoms with E-state index in [1.165, 1.54) is 18.2 Å². The molecule has 2 aromatic carbocycles. The van der Waals surface area contributed by atoms with E-state index in [9.17, 15) is 27.6 Å². The summed E-state index contributed by atoms with van der Waals surface area (Å²) in [5.41, 5.74) is 0.432. The van der Waals surface area contributed by atoms with Gasteiger partial charge in [0.05, 0.1) is 27.8 Å². The Morgan fingerprint density at radius 2 is 1.69 bits per heavy atom. The van der Waals surface area contributed by atoms with E-state index in [1.54, 1.807) is 28.6 Å². The van der Waals surface area contributed by atoms with Crippen LogP contribution in [-0.2, 0) is 23.9 Å². The molecule has 0 spiro atoms. The first-order valence-electron chi connectivity index (χ1n) is 14.8. The first-order valence-corrected chi connectivity index (χ1v) is 17.9. The average Bonchev–Trinajstić information content (AvgIpc) is 3.01. The highest BCUT2D eigenvalue weighted by Crippen LogP contribution is 2.34. The van der Waals surface area contributed by atoms with Crippen molar-refractivity contribution in [1.29, 1.82) is 0 Å². The van der Waals surface area contributed by atoms with Crippen LogP contribution >= 0.6 is 23.2 Å². The number of alkyl halides is 3. The fourth-order valence-corrected chi connectivity index (χ4v) is 8.04. The van der Waals surface area contributed by atoms with Gasteiger partial charge in [-0.25, -0.2) is 4.98 Å². The molecule has 1 fully saturated rings. The molecule has 2 amide bonds. The van der Waals surface area contributed by atoms with Crippen molar-refractivity contribution in [2.24, 2.45) is 5.92 Å². The molecule has 0 radical (unpaired) electrons. The molecule has 0 unspecified atom stereocenters. The van der Waals surface area contributed by atoms with Gasteiger partial charge < -0.3 is 15.2 Å². The normalized spacial score (nSPS) is 20.7. The third-order valence-electron chi connectivity index (χ3n) is 8.84. The zero-order valence-electron chi connectivity index (χ0n) is 25.0. The summed E-state index contributed by atoms with van der Waals surface area (Å²) in [5, 5.41) is 4.01. The van der Waals surface area contributed by atoms with E-state index in [0.29, 0.717) is 59.9 Å². The van der Waals surface area contributed by atoms with Crippen molar-refractivity contribution in [3.05, 3.63) is 85.2 Å². The van der Waals surface area contributed by atoms with Gasteiger partial charge in [-0.05, 0) is 62.4 Å². The number of carbonyl (C=O) groups is 2. The standard InChI is InChI=1S/C31H34Cl2F3N5O3Si/c1-17-14-23-26(16-40(17)28(43)19-6-13-24(32)25(33)15-19)38-30(39-45(3)22-11-7-20(8-12-22)31(34,35)36)41(29(23)44)21-9-4-18(5-10-21)27(42)37-2/h6-8,11-13,15,17-18,21,45H,4-5,9-10,14,16H2,1-3H3,(H,37,42)(H,38,39)/t17-,18-,21-,45+/m1/s1. The Labute approximate surface area is 270 Å². The molecule has 2 N–H and O–H groups in total. The highest BCUT2D eigenvalue weighted by molar-refractivity contribution is 6.74. The van der Waals surface area contributed by atoms with Crippen molar-refractivity contribution in [3.63, 3.8) is 0 Å². The molecule has 2 heterocycles. The number of anilines is 1. The van der Waals surface area contributed by atoms with Gasteiger partial charge in [0.25, 0.3) is 11.5 Å². The van der Waals surface area contributed by atoms with Crippen LogP contribution in [0.4, 0.5) is 19.1 Å².